The maximum atomic E-state index is 10.7. The zero-order valence-corrected chi connectivity index (χ0v) is 8.05. The van der Waals surface area contributed by atoms with E-state index in [1.807, 2.05) is 0 Å². The largest absolute Gasteiger partial charge is 0.496 e. The van der Waals surface area contributed by atoms with E-state index in [0.717, 1.165) is 0 Å². The highest BCUT2D eigenvalue weighted by Crippen LogP contribution is 2.29. The van der Waals surface area contributed by atoms with Crippen LogP contribution in [0.4, 0.5) is 0 Å². The molecule has 0 bridgehead atoms. The Morgan fingerprint density at radius 1 is 1.54 bits per heavy atom. The van der Waals surface area contributed by atoms with Crippen molar-refractivity contribution in [1.82, 2.24) is 0 Å². The highest BCUT2D eigenvalue weighted by Gasteiger charge is 2.14. The number of aromatic carboxylic acids is 1. The van der Waals surface area contributed by atoms with E-state index in [1.165, 1.54) is 13.2 Å². The van der Waals surface area contributed by atoms with Gasteiger partial charge < -0.3 is 9.84 Å². The lowest BCUT2D eigenvalue weighted by atomic mass is 10.1. The quantitative estimate of drug-likeness (QED) is 0.797. The number of benzene rings is 1. The molecule has 3 nitrogen and oxygen atoms in total. The number of hydrogen-bond acceptors (Lipinski definition) is 2. The number of carbonyl (C=O) groups is 1. The lowest BCUT2D eigenvalue weighted by molar-refractivity contribution is 0.0693. The van der Waals surface area contributed by atoms with Crippen molar-refractivity contribution in [2.24, 2.45) is 0 Å². The van der Waals surface area contributed by atoms with Gasteiger partial charge in [-0.15, -0.1) is 0 Å². The average molecular weight is 201 g/mol. The van der Waals surface area contributed by atoms with E-state index in [4.69, 9.17) is 21.4 Å². The van der Waals surface area contributed by atoms with Gasteiger partial charge in [0.25, 0.3) is 0 Å². The Bertz CT molecular complexity index is 347. The number of hydrogen-bond donors (Lipinski definition) is 1. The highest BCUT2D eigenvalue weighted by molar-refractivity contribution is 6.31. The molecule has 1 rings (SSSR count). The van der Waals surface area contributed by atoms with Crippen molar-refractivity contribution in [2.45, 2.75) is 6.92 Å². The molecule has 0 atom stereocenters. The molecular formula is C9H9ClO3. The predicted molar refractivity (Wildman–Crippen MR) is 49.7 cm³/mol. The summed E-state index contributed by atoms with van der Waals surface area (Å²) in [7, 11) is 1.42. The third-order valence-electron chi connectivity index (χ3n) is 1.77. The number of rotatable bonds is 2. The molecule has 1 aromatic carbocycles. The third-order valence-corrected chi connectivity index (χ3v) is 2.18. The van der Waals surface area contributed by atoms with Crippen LogP contribution in [-0.2, 0) is 0 Å². The van der Waals surface area contributed by atoms with Crippen molar-refractivity contribution < 1.29 is 14.6 Å². The minimum atomic E-state index is -1.02. The van der Waals surface area contributed by atoms with Crippen molar-refractivity contribution in [2.75, 3.05) is 7.11 Å². The summed E-state index contributed by atoms with van der Waals surface area (Å²) in [5.74, 6) is -0.698. The highest BCUT2D eigenvalue weighted by atomic mass is 35.5. The Balaban J connectivity index is 3.38. The number of halogens is 1. The summed E-state index contributed by atoms with van der Waals surface area (Å²) in [6.45, 7) is 1.72. The topological polar surface area (TPSA) is 46.5 Å². The maximum absolute atomic E-state index is 10.7. The summed E-state index contributed by atoms with van der Waals surface area (Å²) in [4.78, 5) is 10.7. The van der Waals surface area contributed by atoms with Crippen molar-refractivity contribution in [3.8, 4) is 5.75 Å². The fourth-order valence-electron chi connectivity index (χ4n) is 1.10. The Hall–Kier alpha value is -1.22. The van der Waals surface area contributed by atoms with E-state index < -0.39 is 5.97 Å². The zero-order valence-electron chi connectivity index (χ0n) is 7.30. The summed E-state index contributed by atoms with van der Waals surface area (Å²) >= 11 is 5.80. The van der Waals surface area contributed by atoms with Crippen LogP contribution in [0.3, 0.4) is 0 Å². The molecule has 1 N–H and O–H groups in total. The van der Waals surface area contributed by atoms with Gasteiger partial charge in [-0.25, -0.2) is 4.79 Å². The van der Waals surface area contributed by atoms with Gasteiger partial charge in [-0.2, -0.15) is 0 Å². The standard InChI is InChI=1S/C9H9ClO3/c1-5-7(10)4-3-6(9(11)12)8(5)13-2/h3-4H,1-2H3,(H,11,12). The lowest BCUT2D eigenvalue weighted by Crippen LogP contribution is -2.02. The van der Waals surface area contributed by atoms with Crippen LogP contribution < -0.4 is 4.74 Å². The second-order valence-corrected chi connectivity index (χ2v) is 2.97. The Kier molecular flexibility index (Phi) is 2.78. The van der Waals surface area contributed by atoms with Gasteiger partial charge in [0.15, 0.2) is 0 Å². The Morgan fingerprint density at radius 2 is 2.15 bits per heavy atom. The summed E-state index contributed by atoms with van der Waals surface area (Å²) in [5.41, 5.74) is 0.772. The lowest BCUT2D eigenvalue weighted by Gasteiger charge is -2.08. The molecule has 0 unspecified atom stereocenters. The maximum Gasteiger partial charge on any atom is 0.339 e. The monoisotopic (exact) mass is 200 g/mol. The first-order valence-electron chi connectivity index (χ1n) is 3.64. The first kappa shape index (κ1) is 9.86. The van der Waals surface area contributed by atoms with Crippen LogP contribution in [0.1, 0.15) is 15.9 Å². The van der Waals surface area contributed by atoms with Crippen LogP contribution in [0.25, 0.3) is 0 Å². The normalized spacial score (nSPS) is 9.77. The molecule has 1 aromatic rings. The molecule has 0 spiro atoms. The second-order valence-electron chi connectivity index (χ2n) is 2.56. The minimum Gasteiger partial charge on any atom is -0.496 e. The molecule has 0 aromatic heterocycles. The number of methoxy groups -OCH3 is 1. The molecule has 0 aliphatic rings. The van der Waals surface area contributed by atoms with Gasteiger partial charge in [-0.05, 0) is 19.1 Å². The van der Waals surface area contributed by atoms with Crippen molar-refractivity contribution in [3.05, 3.63) is 28.3 Å². The molecule has 0 heterocycles. The van der Waals surface area contributed by atoms with Crippen LogP contribution >= 0.6 is 11.6 Å². The van der Waals surface area contributed by atoms with Gasteiger partial charge in [-0.1, -0.05) is 11.6 Å². The number of ether oxygens (including phenoxy) is 1. The Morgan fingerprint density at radius 3 is 2.62 bits per heavy atom. The van der Waals surface area contributed by atoms with Crippen LogP contribution in [0, 0.1) is 6.92 Å². The van der Waals surface area contributed by atoms with E-state index in [0.29, 0.717) is 16.3 Å². The number of carboxylic acid groups (broad SMARTS) is 1. The first-order chi connectivity index (χ1) is 6.07. The molecule has 70 valence electrons. The van der Waals surface area contributed by atoms with Crippen LogP contribution in [0.15, 0.2) is 12.1 Å². The third kappa shape index (κ3) is 1.75. The van der Waals surface area contributed by atoms with E-state index in [9.17, 15) is 4.79 Å². The van der Waals surface area contributed by atoms with Crippen molar-refractivity contribution >= 4 is 17.6 Å². The van der Waals surface area contributed by atoms with Crippen LogP contribution in [0.2, 0.25) is 5.02 Å². The van der Waals surface area contributed by atoms with E-state index in [1.54, 1.807) is 13.0 Å². The smallest absolute Gasteiger partial charge is 0.339 e. The molecule has 0 amide bonds. The summed E-state index contributed by atoms with van der Waals surface area (Å²) in [5, 5.41) is 9.29. The Labute approximate surface area is 80.9 Å². The van der Waals surface area contributed by atoms with Crippen LogP contribution in [0.5, 0.6) is 5.75 Å². The van der Waals surface area contributed by atoms with E-state index in [2.05, 4.69) is 0 Å². The molecule has 0 radical (unpaired) electrons. The predicted octanol–water partition coefficient (Wildman–Crippen LogP) is 2.36. The minimum absolute atomic E-state index is 0.129. The number of carboxylic acids is 1. The first-order valence-corrected chi connectivity index (χ1v) is 4.02. The van der Waals surface area contributed by atoms with E-state index in [-0.39, 0.29) is 5.56 Å². The average Bonchev–Trinajstić information content (AvgIpc) is 2.09. The van der Waals surface area contributed by atoms with Crippen molar-refractivity contribution in [1.29, 1.82) is 0 Å². The summed E-state index contributed by atoms with van der Waals surface area (Å²) in [6, 6.07) is 2.97. The fraction of sp³-hybridized carbons (Fsp3) is 0.222. The molecule has 0 saturated carbocycles. The molecule has 0 aliphatic carbocycles. The van der Waals surface area contributed by atoms with Gasteiger partial charge in [0.2, 0.25) is 0 Å². The van der Waals surface area contributed by atoms with Gasteiger partial charge in [0.05, 0.1) is 7.11 Å². The summed E-state index contributed by atoms with van der Waals surface area (Å²) in [6.07, 6.45) is 0. The van der Waals surface area contributed by atoms with Gasteiger partial charge in [0.1, 0.15) is 11.3 Å². The SMILES string of the molecule is COc1c(C(=O)O)ccc(Cl)c1C. The second kappa shape index (κ2) is 3.66. The van der Waals surface area contributed by atoms with Gasteiger partial charge in [0, 0.05) is 10.6 Å². The van der Waals surface area contributed by atoms with E-state index >= 15 is 0 Å². The van der Waals surface area contributed by atoms with Gasteiger partial charge >= 0.3 is 5.97 Å². The molecular weight excluding hydrogens is 192 g/mol. The zero-order chi connectivity index (χ0) is 10.0. The molecule has 4 heteroatoms. The molecule has 13 heavy (non-hydrogen) atoms. The molecule has 0 saturated heterocycles. The van der Waals surface area contributed by atoms with Crippen LogP contribution in [-0.4, -0.2) is 18.2 Å². The summed E-state index contributed by atoms with van der Waals surface area (Å²) < 4.78 is 4.95. The fourth-order valence-corrected chi connectivity index (χ4v) is 1.25. The van der Waals surface area contributed by atoms with Crippen molar-refractivity contribution in [3.63, 3.8) is 0 Å². The molecule has 0 fully saturated rings. The molecule has 0 aliphatic heterocycles. The van der Waals surface area contributed by atoms with Gasteiger partial charge in [-0.3, -0.25) is 0 Å².